The van der Waals surface area contributed by atoms with E-state index >= 15 is 0 Å². The predicted molar refractivity (Wildman–Crippen MR) is 68.9 cm³/mol. The van der Waals surface area contributed by atoms with Gasteiger partial charge in [-0.25, -0.2) is 4.98 Å². The zero-order valence-corrected chi connectivity index (χ0v) is 10.8. The zero-order valence-electron chi connectivity index (χ0n) is 8.64. The van der Waals surface area contributed by atoms with Crippen LogP contribution in [-0.4, -0.2) is 9.55 Å². The van der Waals surface area contributed by atoms with Crippen molar-refractivity contribution < 1.29 is 4.74 Å². The van der Waals surface area contributed by atoms with Crippen molar-refractivity contribution in [2.75, 3.05) is 0 Å². The highest BCUT2D eigenvalue weighted by molar-refractivity contribution is 14.1. The molecule has 0 aliphatic carbocycles. The first kappa shape index (κ1) is 10.3. The van der Waals surface area contributed by atoms with E-state index < -0.39 is 0 Å². The van der Waals surface area contributed by atoms with Crippen molar-refractivity contribution in [3.05, 3.63) is 51.6 Å². The molecule has 3 rings (SSSR count). The van der Waals surface area contributed by atoms with Crippen molar-refractivity contribution in [3.63, 3.8) is 0 Å². The maximum absolute atomic E-state index is 5.82. The van der Waals surface area contributed by atoms with E-state index in [9.17, 15) is 0 Å². The van der Waals surface area contributed by atoms with Crippen molar-refractivity contribution in [2.45, 2.75) is 19.3 Å². The molecule has 1 unspecified atom stereocenters. The molecule has 0 saturated heterocycles. The first-order chi connectivity index (χ1) is 7.83. The second-order valence-corrected chi connectivity index (χ2v) is 4.95. The molecule has 0 N–H and O–H groups in total. The number of rotatable bonds is 1. The third-order valence-electron chi connectivity index (χ3n) is 2.78. The van der Waals surface area contributed by atoms with Gasteiger partial charge in [-0.1, -0.05) is 30.3 Å². The van der Waals surface area contributed by atoms with E-state index in [4.69, 9.17) is 4.74 Å². The molecular weight excluding hydrogens is 315 g/mol. The quantitative estimate of drug-likeness (QED) is 0.754. The Kier molecular flexibility index (Phi) is 2.69. The van der Waals surface area contributed by atoms with Gasteiger partial charge in [-0.05, 0) is 28.2 Å². The van der Waals surface area contributed by atoms with Crippen molar-refractivity contribution in [1.82, 2.24) is 9.55 Å². The molecule has 82 valence electrons. The fraction of sp³-hybridized carbons (Fsp3) is 0.250. The van der Waals surface area contributed by atoms with Crippen LogP contribution in [0.5, 0.6) is 0 Å². The van der Waals surface area contributed by atoms with Gasteiger partial charge in [0, 0.05) is 6.20 Å². The topological polar surface area (TPSA) is 27.1 Å². The van der Waals surface area contributed by atoms with Crippen LogP contribution >= 0.6 is 22.6 Å². The van der Waals surface area contributed by atoms with Crippen LogP contribution in [0.4, 0.5) is 0 Å². The molecule has 0 radical (unpaired) electrons. The predicted octanol–water partition coefficient (Wildman–Crippen LogP) is 2.76. The molecule has 3 nitrogen and oxygen atoms in total. The summed E-state index contributed by atoms with van der Waals surface area (Å²) in [5.74, 6) is 1.02. The van der Waals surface area contributed by atoms with E-state index in [0.29, 0.717) is 6.61 Å². The first-order valence-corrected chi connectivity index (χ1v) is 6.29. The van der Waals surface area contributed by atoms with Crippen molar-refractivity contribution >= 4 is 22.6 Å². The van der Waals surface area contributed by atoms with E-state index in [1.807, 2.05) is 18.2 Å². The Balaban J connectivity index is 1.88. The summed E-state index contributed by atoms with van der Waals surface area (Å²) >= 11 is 2.24. The van der Waals surface area contributed by atoms with Gasteiger partial charge in [0.15, 0.2) is 0 Å². The molecule has 1 aliphatic rings. The zero-order chi connectivity index (χ0) is 11.0. The molecule has 0 bridgehead atoms. The summed E-state index contributed by atoms with van der Waals surface area (Å²) in [6.45, 7) is 1.46. The summed E-state index contributed by atoms with van der Waals surface area (Å²) in [6.07, 6.45) is 2.23. The summed E-state index contributed by atoms with van der Waals surface area (Å²) < 4.78 is 9.03. The standard InChI is InChI=1S/C12H11IN2O/c13-11-7-15-6-10(16-8-12(15)14-11)9-4-2-1-3-5-9/h1-5,7,10H,6,8H2. The monoisotopic (exact) mass is 326 g/mol. The first-order valence-electron chi connectivity index (χ1n) is 5.21. The Morgan fingerprint density at radius 2 is 2.12 bits per heavy atom. The molecule has 1 aromatic heterocycles. The van der Waals surface area contributed by atoms with Crippen molar-refractivity contribution in [3.8, 4) is 0 Å². The number of benzene rings is 1. The van der Waals surface area contributed by atoms with Crippen molar-refractivity contribution in [2.24, 2.45) is 0 Å². The lowest BCUT2D eigenvalue weighted by Gasteiger charge is -2.24. The average molecular weight is 326 g/mol. The van der Waals surface area contributed by atoms with E-state index in [0.717, 1.165) is 16.1 Å². The van der Waals surface area contributed by atoms with Crippen LogP contribution in [0.2, 0.25) is 0 Å². The van der Waals surface area contributed by atoms with Gasteiger partial charge in [-0.2, -0.15) is 0 Å². The lowest BCUT2D eigenvalue weighted by Crippen LogP contribution is -2.20. The molecule has 0 saturated carbocycles. The molecule has 0 spiro atoms. The van der Waals surface area contributed by atoms with Crippen LogP contribution in [0.15, 0.2) is 36.5 Å². The minimum atomic E-state index is 0.152. The number of nitrogens with zero attached hydrogens (tertiary/aromatic N) is 2. The summed E-state index contributed by atoms with van der Waals surface area (Å²) in [4.78, 5) is 4.40. The van der Waals surface area contributed by atoms with Crippen molar-refractivity contribution in [1.29, 1.82) is 0 Å². The molecule has 2 heterocycles. The van der Waals surface area contributed by atoms with Crippen LogP contribution in [0.25, 0.3) is 0 Å². The SMILES string of the molecule is Ic1cn2c(n1)COC(c1ccccc1)C2. The fourth-order valence-corrected chi connectivity index (χ4v) is 2.58. The third-order valence-corrected chi connectivity index (χ3v) is 3.30. The van der Waals surface area contributed by atoms with E-state index in [-0.39, 0.29) is 6.10 Å². The normalized spacial score (nSPS) is 19.4. The Hall–Kier alpha value is -0.880. The van der Waals surface area contributed by atoms with Gasteiger partial charge in [0.05, 0.1) is 6.54 Å². The average Bonchev–Trinajstić information content (AvgIpc) is 2.69. The maximum atomic E-state index is 5.82. The molecule has 1 aliphatic heterocycles. The summed E-state index contributed by atoms with van der Waals surface area (Å²) in [7, 11) is 0. The van der Waals surface area contributed by atoms with Gasteiger partial charge in [-0.15, -0.1) is 0 Å². The summed E-state index contributed by atoms with van der Waals surface area (Å²) in [6, 6.07) is 10.3. The van der Waals surface area contributed by atoms with Crippen LogP contribution in [0, 0.1) is 3.70 Å². The number of aromatic nitrogens is 2. The molecule has 16 heavy (non-hydrogen) atoms. The van der Waals surface area contributed by atoms with Crippen LogP contribution in [0.1, 0.15) is 17.5 Å². The Bertz CT molecular complexity index is 495. The molecule has 4 heteroatoms. The van der Waals surface area contributed by atoms with E-state index in [1.165, 1.54) is 5.56 Å². The van der Waals surface area contributed by atoms with Crippen LogP contribution < -0.4 is 0 Å². The van der Waals surface area contributed by atoms with E-state index in [1.54, 1.807) is 0 Å². The molecule has 1 aromatic carbocycles. The number of fused-ring (bicyclic) bond motifs is 1. The maximum Gasteiger partial charge on any atom is 0.136 e. The second-order valence-electron chi connectivity index (χ2n) is 3.84. The molecule has 1 atom stereocenters. The van der Waals surface area contributed by atoms with Crippen LogP contribution in [0.3, 0.4) is 0 Å². The highest BCUT2D eigenvalue weighted by Gasteiger charge is 2.21. The highest BCUT2D eigenvalue weighted by Crippen LogP contribution is 2.26. The van der Waals surface area contributed by atoms with Gasteiger partial charge in [0.2, 0.25) is 0 Å². The summed E-state index contributed by atoms with van der Waals surface area (Å²) in [5.41, 5.74) is 1.23. The fourth-order valence-electron chi connectivity index (χ4n) is 1.97. The van der Waals surface area contributed by atoms with Gasteiger partial charge >= 0.3 is 0 Å². The van der Waals surface area contributed by atoms with Gasteiger partial charge < -0.3 is 9.30 Å². The second kappa shape index (κ2) is 4.18. The van der Waals surface area contributed by atoms with Gasteiger partial charge in [0.1, 0.15) is 22.2 Å². The highest BCUT2D eigenvalue weighted by atomic mass is 127. The number of imidazole rings is 1. The van der Waals surface area contributed by atoms with E-state index in [2.05, 4.69) is 50.5 Å². The van der Waals surface area contributed by atoms with Gasteiger partial charge in [0.25, 0.3) is 0 Å². The Labute approximate surface area is 108 Å². The lowest BCUT2D eigenvalue weighted by atomic mass is 10.1. The third kappa shape index (κ3) is 1.87. The molecular formula is C12H11IN2O. The minimum absolute atomic E-state index is 0.152. The number of halogens is 1. The minimum Gasteiger partial charge on any atom is -0.364 e. The smallest absolute Gasteiger partial charge is 0.136 e. The number of ether oxygens (including phenoxy) is 1. The molecule has 2 aromatic rings. The largest absolute Gasteiger partial charge is 0.364 e. The molecule has 0 amide bonds. The van der Waals surface area contributed by atoms with Crippen LogP contribution in [-0.2, 0) is 17.9 Å². The summed E-state index contributed by atoms with van der Waals surface area (Å²) in [5, 5.41) is 0. The lowest BCUT2D eigenvalue weighted by molar-refractivity contribution is 0.000486. The Morgan fingerprint density at radius 3 is 2.94 bits per heavy atom. The Morgan fingerprint density at radius 1 is 1.31 bits per heavy atom. The number of hydrogen-bond donors (Lipinski definition) is 0. The molecule has 0 fully saturated rings. The number of hydrogen-bond acceptors (Lipinski definition) is 2. The van der Waals surface area contributed by atoms with Gasteiger partial charge in [-0.3, -0.25) is 0 Å².